The van der Waals surface area contributed by atoms with Crippen molar-refractivity contribution < 1.29 is 4.42 Å². The van der Waals surface area contributed by atoms with Crippen molar-refractivity contribution in [3.05, 3.63) is 22.7 Å². The molecule has 0 aliphatic carbocycles. The highest BCUT2D eigenvalue weighted by Gasteiger charge is 2.07. The summed E-state index contributed by atoms with van der Waals surface area (Å²) in [7, 11) is 0. The van der Waals surface area contributed by atoms with Crippen LogP contribution in [-0.2, 0) is 0 Å². The minimum Gasteiger partial charge on any atom is -0.408 e. The monoisotopic (exact) mass is 252 g/mol. The highest BCUT2D eigenvalue weighted by molar-refractivity contribution is 7.99. The Bertz CT molecular complexity index is 571. The molecule has 0 amide bonds. The number of rotatable bonds is 4. The minimum absolute atomic E-state index is 0.441. The van der Waals surface area contributed by atoms with Gasteiger partial charge in [0, 0.05) is 16.6 Å². The second-order valence-corrected chi connectivity index (χ2v) is 5.57. The minimum atomic E-state index is -0.441. The Balaban J connectivity index is 2.21. The van der Waals surface area contributed by atoms with E-state index in [-0.39, 0.29) is 0 Å². The van der Waals surface area contributed by atoms with E-state index in [9.17, 15) is 4.79 Å². The van der Waals surface area contributed by atoms with Crippen LogP contribution in [0.1, 0.15) is 20.3 Å². The van der Waals surface area contributed by atoms with Gasteiger partial charge in [0.05, 0.1) is 5.52 Å². The van der Waals surface area contributed by atoms with Crippen LogP contribution in [0.25, 0.3) is 11.1 Å². The van der Waals surface area contributed by atoms with Crippen LogP contribution in [0.4, 0.5) is 5.69 Å². The van der Waals surface area contributed by atoms with Gasteiger partial charge in [-0.25, -0.2) is 4.79 Å². The fourth-order valence-electron chi connectivity index (χ4n) is 1.52. The third-order valence-electron chi connectivity index (χ3n) is 2.50. The smallest absolute Gasteiger partial charge is 0.408 e. The van der Waals surface area contributed by atoms with Crippen molar-refractivity contribution in [3.8, 4) is 0 Å². The van der Waals surface area contributed by atoms with Gasteiger partial charge in [-0.05, 0) is 24.2 Å². The van der Waals surface area contributed by atoms with E-state index in [0.29, 0.717) is 22.7 Å². The maximum atomic E-state index is 11.0. The zero-order chi connectivity index (χ0) is 12.4. The summed E-state index contributed by atoms with van der Waals surface area (Å²) >= 11 is 1.71. The van der Waals surface area contributed by atoms with Crippen LogP contribution in [0.5, 0.6) is 0 Å². The SMILES string of the molecule is CC(C)CCSc1cc2[nH]c(=O)oc2cc1N. The highest BCUT2D eigenvalue weighted by Crippen LogP contribution is 2.29. The summed E-state index contributed by atoms with van der Waals surface area (Å²) in [5.74, 6) is 1.26. The average molecular weight is 252 g/mol. The summed E-state index contributed by atoms with van der Waals surface area (Å²) in [6.07, 6.45) is 1.14. The maximum absolute atomic E-state index is 11.0. The Kier molecular flexibility index (Phi) is 3.47. The van der Waals surface area contributed by atoms with Gasteiger partial charge in [-0.1, -0.05) is 13.8 Å². The van der Waals surface area contributed by atoms with Crippen LogP contribution in [-0.4, -0.2) is 10.7 Å². The van der Waals surface area contributed by atoms with E-state index in [0.717, 1.165) is 17.1 Å². The van der Waals surface area contributed by atoms with Crippen LogP contribution in [0, 0.1) is 5.92 Å². The molecule has 2 aromatic rings. The largest absolute Gasteiger partial charge is 0.417 e. The molecule has 0 aliphatic heterocycles. The van der Waals surface area contributed by atoms with E-state index in [1.807, 2.05) is 6.07 Å². The average Bonchev–Trinajstić information content (AvgIpc) is 2.57. The summed E-state index contributed by atoms with van der Waals surface area (Å²) < 4.78 is 4.95. The molecule has 1 heterocycles. The maximum Gasteiger partial charge on any atom is 0.417 e. The number of anilines is 1. The first-order chi connectivity index (χ1) is 8.06. The van der Waals surface area contributed by atoms with Crippen molar-refractivity contribution in [2.45, 2.75) is 25.2 Å². The van der Waals surface area contributed by atoms with Gasteiger partial charge in [-0.2, -0.15) is 0 Å². The van der Waals surface area contributed by atoms with Gasteiger partial charge in [0.25, 0.3) is 0 Å². The quantitative estimate of drug-likeness (QED) is 0.648. The first-order valence-electron chi connectivity index (χ1n) is 5.61. The zero-order valence-electron chi connectivity index (χ0n) is 9.95. The number of aromatic amines is 1. The number of benzene rings is 1. The summed E-state index contributed by atoms with van der Waals surface area (Å²) in [6.45, 7) is 4.39. The van der Waals surface area contributed by atoms with Gasteiger partial charge < -0.3 is 10.2 Å². The van der Waals surface area contributed by atoms with Gasteiger partial charge in [0.15, 0.2) is 5.58 Å². The fourth-order valence-corrected chi connectivity index (χ4v) is 2.76. The molecule has 2 rings (SSSR count). The predicted octanol–water partition coefficient (Wildman–Crippen LogP) is 2.84. The van der Waals surface area contributed by atoms with Crippen LogP contribution in [0.15, 0.2) is 26.2 Å². The molecule has 0 unspecified atom stereocenters. The van der Waals surface area contributed by atoms with Gasteiger partial charge in [-0.15, -0.1) is 11.8 Å². The summed E-state index contributed by atoms with van der Waals surface area (Å²) in [6, 6.07) is 3.57. The molecule has 1 aromatic heterocycles. The molecule has 0 saturated heterocycles. The number of hydrogen-bond acceptors (Lipinski definition) is 4. The van der Waals surface area contributed by atoms with Gasteiger partial charge in [0.2, 0.25) is 0 Å². The molecule has 0 saturated carbocycles. The standard InChI is InChI=1S/C12H16N2O2S/c1-7(2)3-4-17-11-6-9-10(5-8(11)13)16-12(15)14-9/h5-7H,3-4,13H2,1-2H3,(H,14,15). The molecule has 92 valence electrons. The number of nitrogens with one attached hydrogen (secondary N) is 1. The third-order valence-corrected chi connectivity index (χ3v) is 3.61. The Morgan fingerprint density at radius 2 is 2.24 bits per heavy atom. The summed E-state index contributed by atoms with van der Waals surface area (Å²) in [4.78, 5) is 14.7. The molecule has 3 N–H and O–H groups in total. The molecule has 0 spiro atoms. The van der Waals surface area contributed by atoms with Gasteiger partial charge in [0.1, 0.15) is 0 Å². The molecule has 5 heteroatoms. The second kappa shape index (κ2) is 4.87. The fraction of sp³-hybridized carbons (Fsp3) is 0.417. The van der Waals surface area contributed by atoms with Gasteiger partial charge in [-0.3, -0.25) is 4.98 Å². The molecule has 1 aromatic carbocycles. The summed E-state index contributed by atoms with van der Waals surface area (Å²) in [5.41, 5.74) is 7.80. The first-order valence-corrected chi connectivity index (χ1v) is 6.60. The Hall–Kier alpha value is -1.36. The third kappa shape index (κ3) is 2.85. The number of H-pyrrole nitrogens is 1. The predicted molar refractivity (Wildman–Crippen MR) is 71.4 cm³/mol. The van der Waals surface area contributed by atoms with E-state index in [1.54, 1.807) is 17.8 Å². The molecule has 0 fully saturated rings. The lowest BCUT2D eigenvalue weighted by molar-refractivity contribution is 0.555. The second-order valence-electron chi connectivity index (χ2n) is 4.43. The van der Waals surface area contributed by atoms with E-state index in [2.05, 4.69) is 18.8 Å². The van der Waals surface area contributed by atoms with Crippen LogP contribution >= 0.6 is 11.8 Å². The van der Waals surface area contributed by atoms with E-state index in [4.69, 9.17) is 10.2 Å². The van der Waals surface area contributed by atoms with Gasteiger partial charge >= 0.3 is 5.76 Å². The zero-order valence-corrected chi connectivity index (χ0v) is 10.8. The lowest BCUT2D eigenvalue weighted by atomic mass is 10.2. The Morgan fingerprint density at radius 3 is 2.94 bits per heavy atom. The van der Waals surface area contributed by atoms with Crippen molar-refractivity contribution in [3.63, 3.8) is 0 Å². The number of thioether (sulfide) groups is 1. The van der Waals surface area contributed by atoms with Crippen molar-refractivity contribution in [1.82, 2.24) is 4.98 Å². The molecule has 0 aliphatic rings. The van der Waals surface area contributed by atoms with Crippen molar-refractivity contribution in [1.29, 1.82) is 0 Å². The topological polar surface area (TPSA) is 72.0 Å². The number of fused-ring (bicyclic) bond motifs is 1. The molecular weight excluding hydrogens is 236 g/mol. The number of nitrogen functional groups attached to an aromatic ring is 1. The highest BCUT2D eigenvalue weighted by atomic mass is 32.2. The molecular formula is C12H16N2O2S. The lowest BCUT2D eigenvalue weighted by Crippen LogP contribution is -1.93. The van der Waals surface area contributed by atoms with Crippen LogP contribution in [0.3, 0.4) is 0 Å². The molecule has 0 radical (unpaired) electrons. The number of aromatic nitrogens is 1. The van der Waals surface area contributed by atoms with Crippen molar-refractivity contribution in [2.75, 3.05) is 11.5 Å². The molecule has 0 bridgehead atoms. The van der Waals surface area contributed by atoms with Crippen molar-refractivity contribution in [2.24, 2.45) is 5.92 Å². The number of oxazole rings is 1. The van der Waals surface area contributed by atoms with E-state index >= 15 is 0 Å². The Labute approximate surface area is 104 Å². The Morgan fingerprint density at radius 1 is 1.47 bits per heavy atom. The molecule has 4 nitrogen and oxygen atoms in total. The van der Waals surface area contributed by atoms with Crippen LogP contribution < -0.4 is 11.5 Å². The van der Waals surface area contributed by atoms with E-state index in [1.165, 1.54) is 0 Å². The number of hydrogen-bond donors (Lipinski definition) is 2. The number of nitrogens with two attached hydrogens (primary N) is 1. The lowest BCUT2D eigenvalue weighted by Gasteiger charge is -2.06. The molecule has 0 atom stereocenters. The normalized spacial score (nSPS) is 11.5. The molecule has 17 heavy (non-hydrogen) atoms. The summed E-state index contributed by atoms with van der Waals surface area (Å²) in [5, 5.41) is 0. The first kappa shape index (κ1) is 12.1. The van der Waals surface area contributed by atoms with Crippen LogP contribution in [0.2, 0.25) is 0 Å². The van der Waals surface area contributed by atoms with E-state index < -0.39 is 5.76 Å². The van der Waals surface area contributed by atoms with Crippen molar-refractivity contribution >= 4 is 28.5 Å².